The third-order valence-electron chi connectivity index (χ3n) is 12.5. The van der Waals surface area contributed by atoms with E-state index in [0.717, 1.165) is 39.3 Å². The smallest absolute Gasteiger partial charge is 0.0540 e. The number of anilines is 3. The molecule has 0 fully saturated rings. The molecule has 0 aliphatic heterocycles. The predicted molar refractivity (Wildman–Crippen MR) is 277 cm³/mol. The molecule has 0 radical (unpaired) electrons. The van der Waals surface area contributed by atoms with Gasteiger partial charge < -0.3 is 4.90 Å². The van der Waals surface area contributed by atoms with Gasteiger partial charge in [-0.25, -0.2) is 0 Å². The van der Waals surface area contributed by atoms with E-state index >= 15 is 0 Å². The standard InChI is InChI=1S/C64H45N/c1-4-18-46(19-5-1)55-43-56(47-20-6-2-7-21-47)45-58(44-55)65(57-40-38-50(39-41-57)49-32-34-51(35-33-49)54-37-36-48-22-10-11-25-53(48)42-54)64-31-17-16-30-63(64)62-29-15-14-28-61(62)60-27-13-12-26-59(60)52-23-8-3-9-24-52/h1-45H. The molecule has 0 aromatic heterocycles. The van der Waals surface area contributed by atoms with E-state index in [2.05, 4.69) is 278 Å². The molecule has 0 saturated carbocycles. The lowest BCUT2D eigenvalue weighted by atomic mass is 9.88. The fourth-order valence-corrected chi connectivity index (χ4v) is 9.23. The number of nitrogens with zero attached hydrogens (tertiary/aromatic N) is 1. The van der Waals surface area contributed by atoms with E-state index in [1.807, 2.05) is 0 Å². The first-order valence-corrected chi connectivity index (χ1v) is 22.3. The highest BCUT2D eigenvalue weighted by molar-refractivity contribution is 5.98. The summed E-state index contributed by atoms with van der Waals surface area (Å²) in [6.07, 6.45) is 0. The number of hydrogen-bond acceptors (Lipinski definition) is 1. The Morgan fingerprint density at radius 3 is 1.15 bits per heavy atom. The lowest BCUT2D eigenvalue weighted by Crippen LogP contribution is -2.12. The molecule has 65 heavy (non-hydrogen) atoms. The highest BCUT2D eigenvalue weighted by Gasteiger charge is 2.22. The number of benzene rings is 11. The molecule has 306 valence electrons. The molecule has 0 unspecified atom stereocenters. The minimum absolute atomic E-state index is 1.07. The van der Waals surface area contributed by atoms with Crippen molar-refractivity contribution >= 4 is 27.8 Å². The molecule has 0 amide bonds. The van der Waals surface area contributed by atoms with Crippen LogP contribution in [-0.4, -0.2) is 0 Å². The molecule has 1 nitrogen and oxygen atoms in total. The van der Waals surface area contributed by atoms with Crippen LogP contribution in [0.5, 0.6) is 0 Å². The summed E-state index contributed by atoms with van der Waals surface area (Å²) >= 11 is 0. The highest BCUT2D eigenvalue weighted by Crippen LogP contribution is 2.47. The minimum Gasteiger partial charge on any atom is -0.310 e. The van der Waals surface area contributed by atoms with Crippen LogP contribution in [0.15, 0.2) is 273 Å². The van der Waals surface area contributed by atoms with Crippen molar-refractivity contribution in [1.29, 1.82) is 0 Å². The summed E-state index contributed by atoms with van der Waals surface area (Å²) in [7, 11) is 0. The Hall–Kier alpha value is -8.52. The summed E-state index contributed by atoms with van der Waals surface area (Å²) in [6.45, 7) is 0. The predicted octanol–water partition coefficient (Wildman–Crippen LogP) is 18.0. The van der Waals surface area contributed by atoms with Gasteiger partial charge in [-0.15, -0.1) is 0 Å². The van der Waals surface area contributed by atoms with Crippen LogP contribution in [0.1, 0.15) is 0 Å². The molecule has 0 saturated heterocycles. The average molecular weight is 828 g/mol. The van der Waals surface area contributed by atoms with Gasteiger partial charge in [0.1, 0.15) is 0 Å². The lowest BCUT2D eigenvalue weighted by molar-refractivity contribution is 1.28. The number of para-hydroxylation sites is 1. The van der Waals surface area contributed by atoms with Gasteiger partial charge in [0, 0.05) is 16.9 Å². The van der Waals surface area contributed by atoms with Crippen LogP contribution in [0.3, 0.4) is 0 Å². The van der Waals surface area contributed by atoms with Crippen molar-refractivity contribution in [3.63, 3.8) is 0 Å². The minimum atomic E-state index is 1.07. The molecule has 0 bridgehead atoms. The molecular formula is C64H45N. The van der Waals surface area contributed by atoms with Crippen molar-refractivity contribution in [3.05, 3.63) is 273 Å². The molecule has 0 aliphatic rings. The van der Waals surface area contributed by atoms with Gasteiger partial charge >= 0.3 is 0 Å². The summed E-state index contributed by atoms with van der Waals surface area (Å²) < 4.78 is 0. The van der Waals surface area contributed by atoms with Crippen LogP contribution >= 0.6 is 0 Å². The second-order valence-corrected chi connectivity index (χ2v) is 16.5. The topological polar surface area (TPSA) is 3.24 Å². The Balaban J connectivity index is 1.06. The van der Waals surface area contributed by atoms with Crippen molar-refractivity contribution in [3.8, 4) is 77.9 Å². The molecule has 0 heterocycles. The second-order valence-electron chi connectivity index (χ2n) is 16.5. The summed E-state index contributed by atoms with van der Waals surface area (Å²) in [5.41, 5.74) is 19.8. The van der Waals surface area contributed by atoms with Gasteiger partial charge in [0.05, 0.1) is 5.69 Å². The van der Waals surface area contributed by atoms with E-state index in [1.165, 1.54) is 66.4 Å². The first-order chi connectivity index (χ1) is 32.2. The molecule has 1 heteroatoms. The maximum absolute atomic E-state index is 2.45. The van der Waals surface area contributed by atoms with Gasteiger partial charge in [-0.05, 0) is 126 Å². The van der Waals surface area contributed by atoms with Crippen LogP contribution in [0.25, 0.3) is 88.7 Å². The summed E-state index contributed by atoms with van der Waals surface area (Å²) in [5.74, 6) is 0. The van der Waals surface area contributed by atoms with Crippen molar-refractivity contribution in [2.24, 2.45) is 0 Å². The van der Waals surface area contributed by atoms with Crippen LogP contribution in [0.2, 0.25) is 0 Å². The Labute approximate surface area is 381 Å². The maximum atomic E-state index is 2.45. The zero-order valence-electron chi connectivity index (χ0n) is 35.9. The Kier molecular flexibility index (Phi) is 10.7. The first-order valence-electron chi connectivity index (χ1n) is 22.3. The van der Waals surface area contributed by atoms with Crippen LogP contribution < -0.4 is 4.90 Å². The fraction of sp³-hybridized carbons (Fsp3) is 0. The second kappa shape index (κ2) is 17.7. The van der Waals surface area contributed by atoms with Gasteiger partial charge in [0.2, 0.25) is 0 Å². The van der Waals surface area contributed by atoms with Crippen LogP contribution in [0, 0.1) is 0 Å². The van der Waals surface area contributed by atoms with Gasteiger partial charge in [-0.1, -0.05) is 231 Å². The average Bonchev–Trinajstić information content (AvgIpc) is 3.40. The van der Waals surface area contributed by atoms with Crippen LogP contribution in [-0.2, 0) is 0 Å². The van der Waals surface area contributed by atoms with Crippen molar-refractivity contribution in [2.75, 3.05) is 4.90 Å². The molecule has 0 spiro atoms. The van der Waals surface area contributed by atoms with E-state index in [-0.39, 0.29) is 0 Å². The molecule has 11 rings (SSSR count). The van der Waals surface area contributed by atoms with E-state index in [4.69, 9.17) is 0 Å². The van der Waals surface area contributed by atoms with Gasteiger partial charge in [-0.3, -0.25) is 0 Å². The Bertz CT molecular complexity index is 3330. The van der Waals surface area contributed by atoms with E-state index in [0.29, 0.717) is 0 Å². The number of fused-ring (bicyclic) bond motifs is 1. The van der Waals surface area contributed by atoms with Gasteiger partial charge in [0.25, 0.3) is 0 Å². The molecule has 11 aromatic carbocycles. The quantitative estimate of drug-likeness (QED) is 0.133. The third kappa shape index (κ3) is 8.04. The molecule has 0 atom stereocenters. The summed E-state index contributed by atoms with van der Waals surface area (Å²) in [5, 5.41) is 2.51. The van der Waals surface area contributed by atoms with E-state index in [9.17, 15) is 0 Å². The van der Waals surface area contributed by atoms with E-state index < -0.39 is 0 Å². The van der Waals surface area contributed by atoms with Gasteiger partial charge in [0.15, 0.2) is 0 Å². The first kappa shape index (κ1) is 39.3. The Morgan fingerprint density at radius 1 is 0.185 bits per heavy atom. The van der Waals surface area contributed by atoms with Crippen LogP contribution in [0.4, 0.5) is 17.1 Å². The van der Waals surface area contributed by atoms with Crippen molar-refractivity contribution in [1.82, 2.24) is 0 Å². The fourth-order valence-electron chi connectivity index (χ4n) is 9.23. The zero-order valence-corrected chi connectivity index (χ0v) is 35.9. The van der Waals surface area contributed by atoms with Gasteiger partial charge in [-0.2, -0.15) is 0 Å². The van der Waals surface area contributed by atoms with Crippen molar-refractivity contribution < 1.29 is 0 Å². The summed E-state index contributed by atoms with van der Waals surface area (Å²) in [6, 6.07) is 99.0. The lowest BCUT2D eigenvalue weighted by Gasteiger charge is -2.29. The number of rotatable bonds is 10. The molecule has 0 N–H and O–H groups in total. The van der Waals surface area contributed by atoms with Crippen molar-refractivity contribution in [2.45, 2.75) is 0 Å². The van der Waals surface area contributed by atoms with E-state index in [1.54, 1.807) is 0 Å². The summed E-state index contributed by atoms with van der Waals surface area (Å²) in [4.78, 5) is 2.45. The molecule has 0 aliphatic carbocycles. The molecular weight excluding hydrogens is 783 g/mol. The Morgan fingerprint density at radius 2 is 0.569 bits per heavy atom. The highest BCUT2D eigenvalue weighted by atomic mass is 15.1. The third-order valence-corrected chi connectivity index (χ3v) is 12.5. The zero-order chi connectivity index (χ0) is 43.4. The monoisotopic (exact) mass is 827 g/mol. The molecule has 11 aromatic rings. The SMILES string of the molecule is c1ccc(-c2cc(-c3ccccc3)cc(N(c3ccc(-c4ccc(-c5ccc6ccccc6c5)cc4)cc3)c3ccccc3-c3ccccc3-c3ccccc3-c3ccccc3)c2)cc1. The normalized spacial score (nSPS) is 11.1. The maximum Gasteiger partial charge on any atom is 0.0540 e. The number of hydrogen-bond donors (Lipinski definition) is 0. The largest absolute Gasteiger partial charge is 0.310 e.